The van der Waals surface area contributed by atoms with E-state index in [9.17, 15) is 9.59 Å². The highest BCUT2D eigenvalue weighted by Crippen LogP contribution is 2.34. The second-order valence-corrected chi connectivity index (χ2v) is 11.5. The van der Waals surface area contributed by atoms with Crippen LogP contribution in [0.2, 0.25) is 0 Å². The number of carbonyl (C=O) groups excluding carboxylic acids is 2. The summed E-state index contributed by atoms with van der Waals surface area (Å²) >= 11 is 1.59. The molecule has 2 aromatic carbocycles. The number of rotatable bonds is 5. The van der Waals surface area contributed by atoms with Crippen LogP contribution in [-0.2, 0) is 17.6 Å². The number of benzene rings is 2. The molecule has 9 nitrogen and oxygen atoms in total. The van der Waals surface area contributed by atoms with Gasteiger partial charge in [0.25, 0.3) is 5.91 Å². The highest BCUT2D eigenvalue weighted by atomic mass is 32.1. The zero-order valence-electron chi connectivity index (χ0n) is 21.9. The van der Waals surface area contributed by atoms with Crippen LogP contribution in [0.5, 0.6) is 0 Å². The summed E-state index contributed by atoms with van der Waals surface area (Å²) in [6, 6.07) is 15.0. The number of anilines is 3. The summed E-state index contributed by atoms with van der Waals surface area (Å²) in [6.45, 7) is 4.24. The number of carbonyl (C=O) groups is 2. The van der Waals surface area contributed by atoms with Crippen LogP contribution < -0.4 is 16.4 Å². The van der Waals surface area contributed by atoms with Gasteiger partial charge in [-0.15, -0.1) is 11.3 Å². The van der Waals surface area contributed by atoms with Crippen LogP contribution in [0, 0.1) is 0 Å². The second-order valence-electron chi connectivity index (χ2n) is 10.4. The fourth-order valence-corrected chi connectivity index (χ4v) is 6.96. The largest absolute Gasteiger partial charge is 0.399 e. The van der Waals surface area contributed by atoms with E-state index in [2.05, 4.69) is 15.5 Å². The molecule has 10 heteroatoms. The lowest BCUT2D eigenvalue weighted by atomic mass is 9.96. The SMILES string of the molecule is Nc1cccc(NC(=O)N2CCC[C@@H]2c2cccc(C(=O)Nc3nc4c(s3)C[C@@H](N3CCOCC3)CC4)c2)c1. The first kappa shape index (κ1) is 25.8. The first-order valence-corrected chi connectivity index (χ1v) is 14.5. The van der Waals surface area contributed by atoms with Crippen LogP contribution in [0.15, 0.2) is 48.5 Å². The summed E-state index contributed by atoms with van der Waals surface area (Å²) in [7, 11) is 0. The van der Waals surface area contributed by atoms with Gasteiger partial charge in [0.15, 0.2) is 5.13 Å². The molecule has 0 bridgehead atoms. The lowest BCUT2D eigenvalue weighted by molar-refractivity contribution is 0.0139. The predicted octanol–water partition coefficient (Wildman–Crippen LogP) is 4.54. The van der Waals surface area contributed by atoms with Gasteiger partial charge in [-0.05, 0) is 68.0 Å². The smallest absolute Gasteiger partial charge is 0.322 e. The normalized spacial score (nSPS) is 21.4. The van der Waals surface area contributed by atoms with Gasteiger partial charge in [0.1, 0.15) is 0 Å². The quantitative estimate of drug-likeness (QED) is 0.405. The number of aromatic nitrogens is 1. The fraction of sp³-hybridized carbons (Fsp3) is 0.414. The number of thiazole rings is 1. The molecule has 2 atom stereocenters. The van der Waals surface area contributed by atoms with Crippen molar-refractivity contribution in [3.63, 3.8) is 0 Å². The van der Waals surface area contributed by atoms with Crippen molar-refractivity contribution in [3.05, 3.63) is 70.2 Å². The van der Waals surface area contributed by atoms with Crippen molar-refractivity contribution >= 4 is 39.8 Å². The Kier molecular flexibility index (Phi) is 7.49. The Balaban J connectivity index is 1.11. The van der Waals surface area contributed by atoms with Gasteiger partial charge < -0.3 is 20.7 Å². The Labute approximate surface area is 232 Å². The number of amides is 3. The van der Waals surface area contributed by atoms with E-state index >= 15 is 0 Å². The molecule has 4 N–H and O–H groups in total. The van der Waals surface area contributed by atoms with Crippen molar-refractivity contribution in [2.75, 3.05) is 49.2 Å². The summed E-state index contributed by atoms with van der Waals surface area (Å²) in [4.78, 5) is 36.7. The number of nitrogens with one attached hydrogen (secondary N) is 2. The Morgan fingerprint density at radius 1 is 1.03 bits per heavy atom. The number of morpholine rings is 1. The molecule has 2 fully saturated rings. The molecule has 2 aliphatic heterocycles. The second kappa shape index (κ2) is 11.3. The van der Waals surface area contributed by atoms with Crippen LogP contribution >= 0.6 is 11.3 Å². The molecule has 2 saturated heterocycles. The number of aryl methyl sites for hydroxylation is 1. The lowest BCUT2D eigenvalue weighted by Crippen LogP contribution is -2.45. The van der Waals surface area contributed by atoms with Crippen LogP contribution in [0.3, 0.4) is 0 Å². The molecule has 3 heterocycles. The van der Waals surface area contributed by atoms with E-state index in [4.69, 9.17) is 15.5 Å². The van der Waals surface area contributed by atoms with Crippen molar-refractivity contribution < 1.29 is 14.3 Å². The third kappa shape index (κ3) is 5.78. The Bertz CT molecular complexity index is 1350. The molecular weight excluding hydrogens is 512 g/mol. The van der Waals surface area contributed by atoms with Crippen LogP contribution in [0.25, 0.3) is 0 Å². The number of urea groups is 1. The Hall–Kier alpha value is -3.47. The number of hydrogen-bond acceptors (Lipinski definition) is 7. The number of hydrogen-bond donors (Lipinski definition) is 3. The number of nitrogen functional groups attached to an aromatic ring is 1. The minimum Gasteiger partial charge on any atom is -0.399 e. The maximum absolute atomic E-state index is 13.2. The molecule has 0 radical (unpaired) electrons. The molecule has 0 spiro atoms. The molecule has 0 unspecified atom stereocenters. The number of likely N-dealkylation sites (tertiary alicyclic amines) is 1. The van der Waals surface area contributed by atoms with E-state index < -0.39 is 0 Å². The topological polar surface area (TPSA) is 113 Å². The van der Waals surface area contributed by atoms with E-state index in [0.717, 1.165) is 69.7 Å². The minimum absolute atomic E-state index is 0.0943. The van der Waals surface area contributed by atoms with Gasteiger partial charge in [-0.1, -0.05) is 18.2 Å². The van der Waals surface area contributed by atoms with E-state index in [1.165, 1.54) is 4.88 Å². The fourth-order valence-electron chi connectivity index (χ4n) is 5.89. The highest BCUT2D eigenvalue weighted by Gasteiger charge is 2.31. The lowest BCUT2D eigenvalue weighted by Gasteiger charge is -2.36. The van der Waals surface area contributed by atoms with Crippen molar-refractivity contribution in [1.82, 2.24) is 14.8 Å². The third-order valence-corrected chi connectivity index (χ3v) is 8.92. The van der Waals surface area contributed by atoms with E-state index in [1.807, 2.05) is 41.3 Å². The van der Waals surface area contributed by atoms with Gasteiger partial charge in [-0.25, -0.2) is 9.78 Å². The standard InChI is InChI=1S/C29H34N6O3S/c30-21-6-2-7-22(17-21)31-29(37)35-11-3-8-25(35)19-4-1-5-20(16-19)27(36)33-28-32-24-10-9-23(18-26(24)39-28)34-12-14-38-15-13-34/h1-2,4-7,16-17,23,25H,3,8-15,18,30H2,(H,31,37)(H,32,33,36)/t23-,25+/m0/s1. The molecule has 1 aromatic heterocycles. The molecular formula is C29H34N6O3S. The summed E-state index contributed by atoms with van der Waals surface area (Å²) < 4.78 is 5.51. The summed E-state index contributed by atoms with van der Waals surface area (Å²) in [5.74, 6) is -0.179. The number of nitrogens with two attached hydrogens (primary N) is 1. The number of ether oxygens (including phenoxy) is 1. The molecule has 1 aliphatic carbocycles. The average molecular weight is 547 g/mol. The zero-order chi connectivity index (χ0) is 26.8. The van der Waals surface area contributed by atoms with Crippen molar-refractivity contribution in [1.29, 1.82) is 0 Å². The van der Waals surface area contributed by atoms with Crippen LogP contribution in [0.4, 0.5) is 21.3 Å². The van der Waals surface area contributed by atoms with Crippen molar-refractivity contribution in [2.45, 2.75) is 44.2 Å². The van der Waals surface area contributed by atoms with Gasteiger partial charge in [0.05, 0.1) is 24.9 Å². The average Bonchev–Trinajstić information content (AvgIpc) is 3.60. The molecule has 6 rings (SSSR count). The summed E-state index contributed by atoms with van der Waals surface area (Å²) in [5.41, 5.74) is 9.76. The summed E-state index contributed by atoms with van der Waals surface area (Å²) in [5, 5.41) is 6.64. The third-order valence-electron chi connectivity index (χ3n) is 7.88. The van der Waals surface area contributed by atoms with Gasteiger partial charge >= 0.3 is 6.03 Å². The minimum atomic E-state index is -0.179. The molecule has 3 aromatic rings. The van der Waals surface area contributed by atoms with Crippen molar-refractivity contribution in [2.24, 2.45) is 0 Å². The van der Waals surface area contributed by atoms with Gasteiger partial charge in [0.2, 0.25) is 0 Å². The first-order valence-electron chi connectivity index (χ1n) is 13.7. The predicted molar refractivity (Wildman–Crippen MR) is 153 cm³/mol. The zero-order valence-corrected chi connectivity index (χ0v) is 22.7. The van der Waals surface area contributed by atoms with E-state index in [-0.39, 0.29) is 18.0 Å². The molecule has 204 valence electrons. The Morgan fingerprint density at radius 3 is 2.72 bits per heavy atom. The first-order chi connectivity index (χ1) is 19.0. The van der Waals surface area contributed by atoms with Gasteiger partial charge in [0, 0.05) is 47.5 Å². The van der Waals surface area contributed by atoms with Crippen molar-refractivity contribution in [3.8, 4) is 0 Å². The monoisotopic (exact) mass is 546 g/mol. The van der Waals surface area contributed by atoms with Crippen LogP contribution in [-0.4, -0.2) is 65.6 Å². The molecule has 0 saturated carbocycles. The van der Waals surface area contributed by atoms with Gasteiger partial charge in [-0.3, -0.25) is 15.0 Å². The maximum Gasteiger partial charge on any atom is 0.322 e. The molecule has 39 heavy (non-hydrogen) atoms. The molecule has 3 aliphatic rings. The van der Waals surface area contributed by atoms with Crippen LogP contribution in [0.1, 0.15) is 51.8 Å². The highest BCUT2D eigenvalue weighted by molar-refractivity contribution is 7.15. The Morgan fingerprint density at radius 2 is 1.87 bits per heavy atom. The van der Waals surface area contributed by atoms with E-state index in [0.29, 0.717) is 34.7 Å². The maximum atomic E-state index is 13.2. The van der Waals surface area contributed by atoms with Gasteiger partial charge in [-0.2, -0.15) is 0 Å². The number of nitrogens with zero attached hydrogens (tertiary/aromatic N) is 3. The van der Waals surface area contributed by atoms with E-state index in [1.54, 1.807) is 23.5 Å². The molecule has 3 amide bonds. The number of fused-ring (bicyclic) bond motifs is 1. The summed E-state index contributed by atoms with van der Waals surface area (Å²) in [6.07, 6.45) is 4.76.